The first kappa shape index (κ1) is 18.0. The summed E-state index contributed by atoms with van der Waals surface area (Å²) >= 11 is 0. The Balaban J connectivity index is 1.19. The van der Waals surface area contributed by atoms with E-state index in [1.165, 1.54) is 22.3 Å². The maximum Gasteiger partial charge on any atom is 0.407 e. The number of hydrogen-bond donors (Lipinski definition) is 2. The summed E-state index contributed by atoms with van der Waals surface area (Å²) in [6, 6.07) is 22.3. The number of amides is 1. The summed E-state index contributed by atoms with van der Waals surface area (Å²) in [5, 5.41) is 2.70. The van der Waals surface area contributed by atoms with Crippen molar-refractivity contribution in [1.29, 1.82) is 0 Å². The van der Waals surface area contributed by atoms with Crippen LogP contribution in [0, 0.1) is 11.8 Å². The minimum atomic E-state index is -0.463. The van der Waals surface area contributed by atoms with E-state index < -0.39 is 6.09 Å². The fourth-order valence-electron chi connectivity index (χ4n) is 3.93. The molecule has 1 heterocycles. The van der Waals surface area contributed by atoms with Crippen LogP contribution < -0.4 is 5.32 Å². The van der Waals surface area contributed by atoms with Crippen LogP contribution in [-0.4, -0.2) is 29.2 Å². The van der Waals surface area contributed by atoms with Crippen LogP contribution in [0.15, 0.2) is 73.1 Å². The monoisotopic (exact) mass is 393 g/mol. The van der Waals surface area contributed by atoms with Crippen LogP contribution >= 0.6 is 0 Å². The molecule has 2 N–H and O–H groups in total. The number of benzene rings is 3. The highest BCUT2D eigenvalue weighted by atomic mass is 16.5. The van der Waals surface area contributed by atoms with Gasteiger partial charge in [0.15, 0.2) is 0 Å². The number of aromatic nitrogens is 2. The lowest BCUT2D eigenvalue weighted by molar-refractivity contribution is 0.144. The molecule has 146 valence electrons. The predicted molar refractivity (Wildman–Crippen MR) is 116 cm³/mol. The minimum Gasteiger partial charge on any atom is -0.449 e. The van der Waals surface area contributed by atoms with Gasteiger partial charge in [0.1, 0.15) is 6.61 Å². The molecule has 5 nitrogen and oxygen atoms in total. The third-order valence-corrected chi connectivity index (χ3v) is 5.32. The number of H-pyrrole nitrogens is 1. The van der Waals surface area contributed by atoms with Gasteiger partial charge in [-0.25, -0.2) is 9.78 Å². The van der Waals surface area contributed by atoms with Crippen molar-refractivity contribution in [3.05, 3.63) is 89.7 Å². The van der Waals surface area contributed by atoms with Gasteiger partial charge < -0.3 is 15.0 Å². The third kappa shape index (κ3) is 3.40. The molecule has 1 aliphatic rings. The van der Waals surface area contributed by atoms with Gasteiger partial charge in [0.2, 0.25) is 0 Å². The van der Waals surface area contributed by atoms with E-state index in [4.69, 9.17) is 4.74 Å². The molecule has 0 unspecified atom stereocenters. The number of nitrogens with zero attached hydrogens (tertiary/aromatic N) is 1. The maximum atomic E-state index is 12.2. The molecule has 0 bridgehead atoms. The van der Waals surface area contributed by atoms with Crippen LogP contribution in [0.4, 0.5) is 4.79 Å². The zero-order chi connectivity index (χ0) is 20.3. The van der Waals surface area contributed by atoms with Gasteiger partial charge in [0.05, 0.1) is 23.9 Å². The van der Waals surface area contributed by atoms with E-state index >= 15 is 0 Å². The minimum absolute atomic E-state index is 0.0513. The topological polar surface area (TPSA) is 67.0 Å². The molecule has 0 saturated heterocycles. The van der Waals surface area contributed by atoms with E-state index in [0.717, 1.165) is 16.6 Å². The molecule has 4 aromatic rings. The average Bonchev–Trinajstić information content (AvgIpc) is 3.37. The van der Waals surface area contributed by atoms with E-state index in [2.05, 4.69) is 51.4 Å². The Kier molecular flexibility index (Phi) is 4.66. The molecule has 0 spiro atoms. The summed E-state index contributed by atoms with van der Waals surface area (Å²) in [6.45, 7) is 0.515. The number of imidazole rings is 1. The van der Waals surface area contributed by atoms with E-state index in [0.29, 0.717) is 6.61 Å². The molecule has 5 rings (SSSR count). The third-order valence-electron chi connectivity index (χ3n) is 5.32. The van der Waals surface area contributed by atoms with Gasteiger partial charge in [-0.3, -0.25) is 0 Å². The Morgan fingerprint density at radius 1 is 1.03 bits per heavy atom. The Bertz CT molecular complexity index is 1250. The number of rotatable bonds is 3. The van der Waals surface area contributed by atoms with Crippen molar-refractivity contribution < 1.29 is 9.53 Å². The maximum absolute atomic E-state index is 12.2. The molecular formula is C25H19N3O2. The first-order chi connectivity index (χ1) is 14.8. The molecule has 5 heteroatoms. The van der Waals surface area contributed by atoms with Crippen molar-refractivity contribution in [3.8, 4) is 23.0 Å². The molecule has 0 radical (unpaired) electrons. The van der Waals surface area contributed by atoms with Gasteiger partial charge in [0.25, 0.3) is 0 Å². The SMILES string of the molecule is O=C(NCC#Cc1ccc2nc[nH]c2c1)OCC1c2ccccc2-c2ccccc21. The lowest BCUT2D eigenvalue weighted by Gasteiger charge is -2.14. The van der Waals surface area contributed by atoms with Gasteiger partial charge >= 0.3 is 6.09 Å². The van der Waals surface area contributed by atoms with Crippen molar-refractivity contribution in [2.24, 2.45) is 0 Å². The molecule has 1 aliphatic carbocycles. The molecule has 30 heavy (non-hydrogen) atoms. The zero-order valence-corrected chi connectivity index (χ0v) is 16.2. The Hall–Kier alpha value is -4.04. The van der Waals surface area contributed by atoms with Gasteiger partial charge in [-0.2, -0.15) is 0 Å². The summed E-state index contributed by atoms with van der Waals surface area (Å²) in [5.74, 6) is 6.04. The summed E-state index contributed by atoms with van der Waals surface area (Å²) in [4.78, 5) is 19.4. The van der Waals surface area contributed by atoms with Gasteiger partial charge in [-0.05, 0) is 40.5 Å². The molecule has 0 atom stereocenters. The second-order valence-electron chi connectivity index (χ2n) is 7.12. The predicted octanol–water partition coefficient (Wildman–Crippen LogP) is 4.45. The van der Waals surface area contributed by atoms with Crippen molar-refractivity contribution in [1.82, 2.24) is 15.3 Å². The van der Waals surface area contributed by atoms with Crippen LogP contribution in [0.5, 0.6) is 0 Å². The highest BCUT2D eigenvalue weighted by Gasteiger charge is 2.28. The highest BCUT2D eigenvalue weighted by Crippen LogP contribution is 2.44. The number of carbonyl (C=O) groups is 1. The number of fused-ring (bicyclic) bond motifs is 4. The molecule has 1 aromatic heterocycles. The standard InChI is InChI=1S/C25H19N3O2/c29-25(26-13-5-6-17-11-12-23-24(14-17)28-16-27-23)30-15-22-20-9-3-1-7-18(20)19-8-2-4-10-21(19)22/h1-4,7-12,14,16,22H,13,15H2,(H,26,29)(H,27,28). The second-order valence-corrected chi connectivity index (χ2v) is 7.12. The number of aromatic amines is 1. The normalized spacial score (nSPS) is 12.0. The quantitative estimate of drug-likeness (QED) is 0.505. The molecule has 0 saturated carbocycles. The van der Waals surface area contributed by atoms with Crippen molar-refractivity contribution in [3.63, 3.8) is 0 Å². The number of carbonyl (C=O) groups excluding carboxylic acids is 1. The fourth-order valence-corrected chi connectivity index (χ4v) is 3.93. The highest BCUT2D eigenvalue weighted by molar-refractivity contribution is 5.79. The van der Waals surface area contributed by atoms with Crippen LogP contribution in [0.1, 0.15) is 22.6 Å². The summed E-state index contributed by atoms with van der Waals surface area (Å²) < 4.78 is 5.51. The Morgan fingerprint density at radius 3 is 2.53 bits per heavy atom. The van der Waals surface area contributed by atoms with Crippen LogP contribution in [0.3, 0.4) is 0 Å². The molecule has 1 amide bonds. The Labute approximate surface area is 174 Å². The van der Waals surface area contributed by atoms with Gasteiger partial charge in [-0.15, -0.1) is 0 Å². The first-order valence-electron chi connectivity index (χ1n) is 9.80. The number of ether oxygens (including phenoxy) is 1. The summed E-state index contributed by atoms with van der Waals surface area (Å²) in [5.41, 5.74) is 7.51. The van der Waals surface area contributed by atoms with Crippen LogP contribution in [-0.2, 0) is 4.74 Å². The summed E-state index contributed by atoms with van der Waals surface area (Å²) in [6.07, 6.45) is 1.19. The molecule has 0 aliphatic heterocycles. The smallest absolute Gasteiger partial charge is 0.407 e. The van der Waals surface area contributed by atoms with Crippen molar-refractivity contribution in [2.75, 3.05) is 13.2 Å². The molecular weight excluding hydrogens is 374 g/mol. The van der Waals surface area contributed by atoms with E-state index in [1.807, 2.05) is 42.5 Å². The van der Waals surface area contributed by atoms with E-state index in [1.54, 1.807) is 6.33 Å². The first-order valence-corrected chi connectivity index (χ1v) is 9.80. The molecule has 0 fully saturated rings. The van der Waals surface area contributed by atoms with E-state index in [-0.39, 0.29) is 12.5 Å². The lowest BCUT2D eigenvalue weighted by atomic mass is 9.98. The van der Waals surface area contributed by atoms with Crippen molar-refractivity contribution in [2.45, 2.75) is 5.92 Å². The lowest BCUT2D eigenvalue weighted by Crippen LogP contribution is -2.26. The second kappa shape index (κ2) is 7.76. The Morgan fingerprint density at radius 2 is 1.77 bits per heavy atom. The largest absolute Gasteiger partial charge is 0.449 e. The van der Waals surface area contributed by atoms with E-state index in [9.17, 15) is 4.79 Å². The molecule has 3 aromatic carbocycles. The average molecular weight is 393 g/mol. The van der Waals surface area contributed by atoms with Crippen molar-refractivity contribution >= 4 is 17.1 Å². The number of hydrogen-bond acceptors (Lipinski definition) is 3. The fraction of sp³-hybridized carbons (Fsp3) is 0.120. The number of nitrogens with one attached hydrogen (secondary N) is 2. The van der Waals surface area contributed by atoms with Crippen LogP contribution in [0.25, 0.3) is 22.2 Å². The summed E-state index contributed by atoms with van der Waals surface area (Å²) in [7, 11) is 0. The van der Waals surface area contributed by atoms with Crippen LogP contribution in [0.2, 0.25) is 0 Å². The van der Waals surface area contributed by atoms with Gasteiger partial charge in [0, 0.05) is 11.5 Å². The zero-order valence-electron chi connectivity index (χ0n) is 16.2. The van der Waals surface area contributed by atoms with Gasteiger partial charge in [-0.1, -0.05) is 60.4 Å². The number of alkyl carbamates (subject to hydrolysis) is 1.